The zero-order valence-electron chi connectivity index (χ0n) is 8.56. The molecule has 1 fully saturated rings. The van der Waals surface area contributed by atoms with Crippen LogP contribution < -0.4 is 16.8 Å². The Morgan fingerprint density at radius 1 is 1.13 bits per heavy atom. The maximum atomic E-state index is 5.10. The highest BCUT2D eigenvalue weighted by molar-refractivity contribution is 8.89. The minimum absolute atomic E-state index is 0.350. The van der Waals surface area contributed by atoms with Crippen molar-refractivity contribution >= 4 is 54.7 Å². The number of rotatable bonds is 0. The molecule has 1 saturated heterocycles. The maximum Gasteiger partial charge on any atom is 0.142 e. The van der Waals surface area contributed by atoms with E-state index in [9.17, 15) is 0 Å². The molecule has 0 amide bonds. The first-order valence-electron chi connectivity index (χ1n) is 4.35. The van der Waals surface area contributed by atoms with Gasteiger partial charge in [-0.05, 0) is 28.6 Å². The van der Waals surface area contributed by atoms with Gasteiger partial charge in [-0.25, -0.2) is 0 Å². The lowest BCUT2D eigenvalue weighted by molar-refractivity contribution is 0.291. The number of likely N-dealkylation sites (N-methyl/N-ethyl adjacent to an activating group) is 1. The minimum Gasteiger partial charge on any atom is -0.384 e. The van der Waals surface area contributed by atoms with Crippen molar-refractivity contribution in [2.45, 2.75) is 0 Å². The van der Waals surface area contributed by atoms with E-state index in [1.165, 1.54) is 34.7 Å². The lowest BCUT2D eigenvalue weighted by atomic mass is 10.4. The van der Waals surface area contributed by atoms with Gasteiger partial charge in [0.2, 0.25) is 0 Å². The Hall–Kier alpha value is 0.400. The van der Waals surface area contributed by atoms with Gasteiger partial charge in [0, 0.05) is 26.2 Å². The molecule has 0 spiro atoms. The standard InChI is InChI=1S/C5H12N2.C2H4N2S4/c1-7-4-2-6-3-5-7;3-1(5)7-8-2(4)6/h6H,2-5H2,1H3;(H2,3,5)(H2,4,6). The summed E-state index contributed by atoms with van der Waals surface area (Å²) in [6, 6.07) is 0. The van der Waals surface area contributed by atoms with E-state index in [0.717, 1.165) is 13.1 Å². The summed E-state index contributed by atoms with van der Waals surface area (Å²) in [7, 11) is 4.55. The fourth-order valence-corrected chi connectivity index (χ4v) is 2.13. The van der Waals surface area contributed by atoms with E-state index >= 15 is 0 Å². The Bertz CT molecular complexity index is 191. The molecule has 15 heavy (non-hydrogen) atoms. The average Bonchev–Trinajstić information content (AvgIpc) is 2.17. The third kappa shape index (κ3) is 12.3. The van der Waals surface area contributed by atoms with Crippen molar-refractivity contribution in [3.05, 3.63) is 0 Å². The number of hydrogen-bond donors (Lipinski definition) is 3. The summed E-state index contributed by atoms with van der Waals surface area (Å²) >= 11 is 9.04. The zero-order valence-corrected chi connectivity index (χ0v) is 11.8. The molecule has 0 unspecified atom stereocenters. The van der Waals surface area contributed by atoms with E-state index in [-0.39, 0.29) is 0 Å². The summed E-state index contributed by atoms with van der Waals surface area (Å²) in [5.74, 6) is 0. The molecular formula is C7H16N4S4. The molecule has 0 atom stereocenters. The molecule has 0 aliphatic carbocycles. The molecular weight excluding hydrogens is 268 g/mol. The Morgan fingerprint density at radius 2 is 1.53 bits per heavy atom. The number of hydrogen-bond acceptors (Lipinski definition) is 6. The summed E-state index contributed by atoms with van der Waals surface area (Å²) in [6.07, 6.45) is 0. The van der Waals surface area contributed by atoms with E-state index < -0.39 is 0 Å². The highest BCUT2D eigenvalue weighted by Gasteiger charge is 2.01. The van der Waals surface area contributed by atoms with Crippen molar-refractivity contribution in [2.75, 3.05) is 33.2 Å². The molecule has 1 rings (SSSR count). The van der Waals surface area contributed by atoms with Crippen LogP contribution in [0.1, 0.15) is 0 Å². The molecule has 0 bridgehead atoms. The van der Waals surface area contributed by atoms with Crippen molar-refractivity contribution in [3.8, 4) is 0 Å². The predicted molar refractivity (Wildman–Crippen MR) is 79.1 cm³/mol. The normalized spacial score (nSPS) is 16.3. The van der Waals surface area contributed by atoms with Gasteiger partial charge in [0.15, 0.2) is 0 Å². The van der Waals surface area contributed by atoms with E-state index in [1.54, 1.807) is 0 Å². The molecule has 0 aromatic heterocycles. The van der Waals surface area contributed by atoms with Crippen LogP contribution >= 0.6 is 46.0 Å². The van der Waals surface area contributed by atoms with Crippen LogP contribution in [0.3, 0.4) is 0 Å². The van der Waals surface area contributed by atoms with Gasteiger partial charge in [-0.15, -0.1) is 0 Å². The monoisotopic (exact) mass is 284 g/mol. The van der Waals surface area contributed by atoms with Gasteiger partial charge in [0.05, 0.1) is 0 Å². The van der Waals surface area contributed by atoms with Gasteiger partial charge < -0.3 is 21.7 Å². The fourth-order valence-electron chi connectivity index (χ4n) is 0.859. The summed E-state index contributed by atoms with van der Waals surface area (Å²) in [6.45, 7) is 4.74. The Balaban J connectivity index is 0.000000262. The van der Waals surface area contributed by atoms with E-state index in [4.69, 9.17) is 11.5 Å². The quantitative estimate of drug-likeness (QED) is 0.436. The van der Waals surface area contributed by atoms with Gasteiger partial charge in [0.25, 0.3) is 0 Å². The average molecular weight is 285 g/mol. The van der Waals surface area contributed by atoms with Gasteiger partial charge in [-0.3, -0.25) is 0 Å². The molecule has 8 heteroatoms. The molecule has 4 nitrogen and oxygen atoms in total. The lowest BCUT2D eigenvalue weighted by Gasteiger charge is -2.21. The smallest absolute Gasteiger partial charge is 0.142 e. The highest BCUT2D eigenvalue weighted by Crippen LogP contribution is 2.20. The topological polar surface area (TPSA) is 67.3 Å². The molecule has 5 N–H and O–H groups in total. The van der Waals surface area contributed by atoms with Crippen molar-refractivity contribution in [2.24, 2.45) is 11.5 Å². The van der Waals surface area contributed by atoms with E-state index in [1.807, 2.05) is 0 Å². The number of thiocarbonyl (C=S) groups is 2. The van der Waals surface area contributed by atoms with Crippen LogP contribution in [0.4, 0.5) is 0 Å². The summed E-state index contributed by atoms with van der Waals surface area (Å²) in [5.41, 5.74) is 10.2. The highest BCUT2D eigenvalue weighted by atomic mass is 33.1. The molecule has 88 valence electrons. The second-order valence-corrected chi connectivity index (χ2v) is 6.47. The lowest BCUT2D eigenvalue weighted by Crippen LogP contribution is -2.40. The second-order valence-electron chi connectivity index (χ2n) is 2.86. The largest absolute Gasteiger partial charge is 0.384 e. The van der Waals surface area contributed by atoms with Crippen LogP contribution in [-0.4, -0.2) is 46.8 Å². The molecule has 0 saturated carbocycles. The Kier molecular flexibility index (Phi) is 9.87. The molecule has 1 heterocycles. The third-order valence-electron chi connectivity index (χ3n) is 1.55. The number of nitrogens with one attached hydrogen (secondary N) is 1. The fraction of sp³-hybridized carbons (Fsp3) is 0.714. The van der Waals surface area contributed by atoms with Crippen LogP contribution in [0.25, 0.3) is 0 Å². The van der Waals surface area contributed by atoms with Crippen molar-refractivity contribution in [1.29, 1.82) is 0 Å². The SMILES string of the molecule is CN1CCNCC1.NC(=S)SSC(N)=S. The first-order chi connectivity index (χ1) is 7.02. The summed E-state index contributed by atoms with van der Waals surface area (Å²) in [4.78, 5) is 2.33. The number of nitrogens with zero attached hydrogens (tertiary/aromatic N) is 1. The van der Waals surface area contributed by atoms with Crippen molar-refractivity contribution < 1.29 is 0 Å². The van der Waals surface area contributed by atoms with Gasteiger partial charge in [-0.1, -0.05) is 24.4 Å². The van der Waals surface area contributed by atoms with Crippen LogP contribution in [0, 0.1) is 0 Å². The van der Waals surface area contributed by atoms with Crippen LogP contribution in [0.5, 0.6) is 0 Å². The minimum atomic E-state index is 0.350. The van der Waals surface area contributed by atoms with Crippen LogP contribution in [0.2, 0.25) is 0 Å². The second kappa shape index (κ2) is 9.61. The van der Waals surface area contributed by atoms with E-state index in [0.29, 0.717) is 8.64 Å². The molecule has 0 aromatic rings. The molecule has 1 aliphatic rings. The molecule has 1 aliphatic heterocycles. The molecule has 0 aromatic carbocycles. The van der Waals surface area contributed by atoms with Crippen molar-refractivity contribution in [1.82, 2.24) is 10.2 Å². The molecule has 0 radical (unpaired) electrons. The van der Waals surface area contributed by atoms with Crippen LogP contribution in [-0.2, 0) is 0 Å². The summed E-state index contributed by atoms with van der Waals surface area (Å²) < 4.78 is 0.700. The van der Waals surface area contributed by atoms with Gasteiger partial charge in [-0.2, -0.15) is 0 Å². The Labute approximate surface area is 109 Å². The first kappa shape index (κ1) is 15.4. The van der Waals surface area contributed by atoms with Gasteiger partial charge in [0.1, 0.15) is 8.64 Å². The van der Waals surface area contributed by atoms with Crippen molar-refractivity contribution in [3.63, 3.8) is 0 Å². The third-order valence-corrected chi connectivity index (χ3v) is 4.42. The number of piperazine rings is 1. The van der Waals surface area contributed by atoms with Gasteiger partial charge >= 0.3 is 0 Å². The Morgan fingerprint density at radius 3 is 1.73 bits per heavy atom. The number of nitrogens with two attached hydrogens (primary N) is 2. The first-order valence-corrected chi connectivity index (χ1v) is 7.31. The van der Waals surface area contributed by atoms with E-state index in [2.05, 4.69) is 41.7 Å². The predicted octanol–water partition coefficient (Wildman–Crippen LogP) is 0.376. The zero-order chi connectivity index (χ0) is 11.7. The summed E-state index contributed by atoms with van der Waals surface area (Å²) in [5, 5.41) is 3.27. The maximum absolute atomic E-state index is 5.10. The van der Waals surface area contributed by atoms with Crippen LogP contribution in [0.15, 0.2) is 0 Å².